The molecule has 4 heteroatoms. The number of nitrogens with one attached hydrogen (secondary N) is 1. The molecule has 3 rings (SSSR count). The normalized spacial score (nSPS) is 17.2. The Morgan fingerprint density at radius 2 is 1.84 bits per heavy atom. The maximum absolute atomic E-state index is 12.5. The van der Waals surface area contributed by atoms with E-state index in [0.717, 1.165) is 17.7 Å². The molecule has 0 aromatic heterocycles. The second kappa shape index (κ2) is 7.51. The fourth-order valence-electron chi connectivity index (χ4n) is 3.25. The number of nitrogens with zero attached hydrogens (tertiary/aromatic N) is 1. The Labute approximate surface area is 148 Å². The summed E-state index contributed by atoms with van der Waals surface area (Å²) in [5, 5.41) is 2.98. The molecule has 1 aliphatic heterocycles. The first-order valence-corrected chi connectivity index (χ1v) is 8.77. The van der Waals surface area contributed by atoms with Crippen molar-refractivity contribution in [1.29, 1.82) is 0 Å². The number of carbonyl (C=O) groups is 2. The topological polar surface area (TPSA) is 49.4 Å². The van der Waals surface area contributed by atoms with Crippen LogP contribution in [0.3, 0.4) is 0 Å². The van der Waals surface area contributed by atoms with Crippen LogP contribution >= 0.6 is 0 Å². The quantitative estimate of drug-likeness (QED) is 0.910. The van der Waals surface area contributed by atoms with Crippen molar-refractivity contribution in [3.8, 4) is 11.1 Å². The van der Waals surface area contributed by atoms with E-state index in [2.05, 4.69) is 5.32 Å². The molecule has 1 aliphatic rings. The van der Waals surface area contributed by atoms with Gasteiger partial charge in [-0.2, -0.15) is 0 Å². The summed E-state index contributed by atoms with van der Waals surface area (Å²) in [5.74, 6) is 0.282. The Hall–Kier alpha value is -2.62. The third-order valence-corrected chi connectivity index (χ3v) is 4.65. The summed E-state index contributed by atoms with van der Waals surface area (Å²) in [7, 11) is 0. The van der Waals surface area contributed by atoms with E-state index in [1.54, 1.807) is 0 Å². The highest BCUT2D eigenvalue weighted by atomic mass is 16.2. The van der Waals surface area contributed by atoms with Crippen molar-refractivity contribution in [2.45, 2.75) is 26.3 Å². The minimum absolute atomic E-state index is 0.0896. The van der Waals surface area contributed by atoms with E-state index in [1.165, 1.54) is 0 Å². The molecule has 1 heterocycles. The molecule has 130 valence electrons. The lowest BCUT2D eigenvalue weighted by Gasteiger charge is -2.21. The summed E-state index contributed by atoms with van der Waals surface area (Å²) in [6.45, 7) is 5.30. The standard InChI is InChI=1S/C21H24N2O2/c1-15(2)23-14-16(11-20(23)24)13-22-21(25)19-10-6-9-18(12-19)17-7-4-3-5-8-17/h3-10,12,15-16H,11,13-14H2,1-2H3,(H,22,25). The second-order valence-electron chi connectivity index (χ2n) is 6.87. The molecule has 0 aliphatic carbocycles. The van der Waals surface area contributed by atoms with Gasteiger partial charge >= 0.3 is 0 Å². The van der Waals surface area contributed by atoms with Gasteiger partial charge in [0.15, 0.2) is 0 Å². The molecule has 1 fully saturated rings. The number of hydrogen-bond donors (Lipinski definition) is 1. The van der Waals surface area contributed by atoms with Crippen LogP contribution in [0.25, 0.3) is 11.1 Å². The average Bonchev–Trinajstić information content (AvgIpc) is 3.01. The summed E-state index contributed by atoms with van der Waals surface area (Å²) in [6, 6.07) is 17.9. The van der Waals surface area contributed by atoms with Crippen LogP contribution in [0.15, 0.2) is 54.6 Å². The maximum atomic E-state index is 12.5. The summed E-state index contributed by atoms with van der Waals surface area (Å²) in [4.78, 5) is 26.3. The molecule has 0 spiro atoms. The summed E-state index contributed by atoms with van der Waals surface area (Å²) in [5.41, 5.74) is 2.76. The van der Waals surface area contributed by atoms with E-state index in [4.69, 9.17) is 0 Å². The predicted molar refractivity (Wildman–Crippen MR) is 99.2 cm³/mol. The lowest BCUT2D eigenvalue weighted by atomic mass is 10.0. The fourth-order valence-corrected chi connectivity index (χ4v) is 3.25. The van der Waals surface area contributed by atoms with Gasteiger partial charge in [0.25, 0.3) is 5.91 Å². The smallest absolute Gasteiger partial charge is 0.251 e. The zero-order valence-electron chi connectivity index (χ0n) is 14.7. The molecular weight excluding hydrogens is 312 g/mol. The Kier molecular flexibility index (Phi) is 5.17. The zero-order chi connectivity index (χ0) is 17.8. The van der Waals surface area contributed by atoms with E-state index in [-0.39, 0.29) is 23.8 Å². The molecule has 25 heavy (non-hydrogen) atoms. The van der Waals surface area contributed by atoms with Gasteiger partial charge in [-0.15, -0.1) is 0 Å². The average molecular weight is 336 g/mol. The van der Waals surface area contributed by atoms with Crippen LogP contribution in [-0.4, -0.2) is 35.8 Å². The van der Waals surface area contributed by atoms with Gasteiger partial charge in [0.2, 0.25) is 5.91 Å². The summed E-state index contributed by atoms with van der Waals surface area (Å²) < 4.78 is 0. The number of rotatable bonds is 5. The van der Waals surface area contributed by atoms with Crippen LogP contribution < -0.4 is 5.32 Å². The van der Waals surface area contributed by atoms with Crippen LogP contribution in [0.4, 0.5) is 0 Å². The van der Waals surface area contributed by atoms with Crippen LogP contribution in [0.1, 0.15) is 30.6 Å². The van der Waals surface area contributed by atoms with E-state index in [0.29, 0.717) is 18.5 Å². The van der Waals surface area contributed by atoms with Crippen LogP contribution in [0.2, 0.25) is 0 Å². The molecule has 2 aromatic carbocycles. The van der Waals surface area contributed by atoms with Crippen molar-refractivity contribution in [3.63, 3.8) is 0 Å². The molecule has 1 unspecified atom stereocenters. The molecule has 0 saturated carbocycles. The van der Waals surface area contributed by atoms with Crippen molar-refractivity contribution in [2.24, 2.45) is 5.92 Å². The van der Waals surface area contributed by atoms with Gasteiger partial charge in [-0.1, -0.05) is 42.5 Å². The largest absolute Gasteiger partial charge is 0.352 e. The third-order valence-electron chi connectivity index (χ3n) is 4.65. The van der Waals surface area contributed by atoms with Gasteiger partial charge < -0.3 is 10.2 Å². The fraction of sp³-hybridized carbons (Fsp3) is 0.333. The van der Waals surface area contributed by atoms with Gasteiger partial charge in [0.05, 0.1) is 0 Å². The van der Waals surface area contributed by atoms with Crippen molar-refractivity contribution < 1.29 is 9.59 Å². The van der Waals surface area contributed by atoms with Crippen molar-refractivity contribution in [2.75, 3.05) is 13.1 Å². The molecular formula is C21H24N2O2. The summed E-state index contributed by atoms with van der Waals surface area (Å²) >= 11 is 0. The number of hydrogen-bond acceptors (Lipinski definition) is 2. The van der Waals surface area contributed by atoms with E-state index in [1.807, 2.05) is 73.3 Å². The molecule has 1 saturated heterocycles. The van der Waals surface area contributed by atoms with Gasteiger partial charge in [-0.25, -0.2) is 0 Å². The Bertz CT molecular complexity index is 756. The second-order valence-corrected chi connectivity index (χ2v) is 6.87. The number of likely N-dealkylation sites (tertiary alicyclic amines) is 1. The number of carbonyl (C=O) groups excluding carboxylic acids is 2. The molecule has 0 radical (unpaired) electrons. The lowest BCUT2D eigenvalue weighted by Crippen LogP contribution is -2.34. The van der Waals surface area contributed by atoms with Crippen LogP contribution in [-0.2, 0) is 4.79 Å². The van der Waals surface area contributed by atoms with E-state index >= 15 is 0 Å². The van der Waals surface area contributed by atoms with Gasteiger partial charge in [-0.3, -0.25) is 9.59 Å². The third kappa shape index (κ3) is 4.08. The molecule has 0 bridgehead atoms. The number of amides is 2. The first kappa shape index (κ1) is 17.2. The van der Waals surface area contributed by atoms with E-state index < -0.39 is 0 Å². The molecule has 1 N–H and O–H groups in total. The molecule has 2 aromatic rings. The van der Waals surface area contributed by atoms with Crippen LogP contribution in [0.5, 0.6) is 0 Å². The first-order chi connectivity index (χ1) is 12.0. The monoisotopic (exact) mass is 336 g/mol. The minimum atomic E-state index is -0.0896. The zero-order valence-corrected chi connectivity index (χ0v) is 14.7. The van der Waals surface area contributed by atoms with Crippen molar-refractivity contribution in [3.05, 3.63) is 60.2 Å². The van der Waals surface area contributed by atoms with Gasteiger partial charge in [-0.05, 0) is 37.1 Å². The highest BCUT2D eigenvalue weighted by Gasteiger charge is 2.31. The lowest BCUT2D eigenvalue weighted by molar-refractivity contribution is -0.129. The minimum Gasteiger partial charge on any atom is -0.352 e. The van der Waals surface area contributed by atoms with E-state index in [9.17, 15) is 9.59 Å². The maximum Gasteiger partial charge on any atom is 0.251 e. The van der Waals surface area contributed by atoms with Crippen molar-refractivity contribution >= 4 is 11.8 Å². The highest BCUT2D eigenvalue weighted by molar-refractivity contribution is 5.95. The highest BCUT2D eigenvalue weighted by Crippen LogP contribution is 2.21. The summed E-state index contributed by atoms with van der Waals surface area (Å²) in [6.07, 6.45) is 0.516. The molecule has 4 nitrogen and oxygen atoms in total. The SMILES string of the molecule is CC(C)N1CC(CNC(=O)c2cccc(-c3ccccc3)c2)CC1=O. The Morgan fingerprint density at radius 3 is 2.52 bits per heavy atom. The molecule has 2 amide bonds. The van der Waals surface area contributed by atoms with Crippen LogP contribution in [0, 0.1) is 5.92 Å². The Morgan fingerprint density at radius 1 is 1.12 bits per heavy atom. The Balaban J connectivity index is 1.62. The number of benzene rings is 2. The predicted octanol–water partition coefficient (Wildman–Crippen LogP) is 3.34. The molecule has 1 atom stereocenters. The van der Waals surface area contributed by atoms with Crippen molar-refractivity contribution in [1.82, 2.24) is 10.2 Å². The van der Waals surface area contributed by atoms with Gasteiger partial charge in [0.1, 0.15) is 0 Å². The van der Waals surface area contributed by atoms with Gasteiger partial charge in [0, 0.05) is 37.0 Å². The first-order valence-electron chi connectivity index (χ1n) is 8.77.